The van der Waals surface area contributed by atoms with Crippen LogP contribution in [0, 0.1) is 18.3 Å². The first-order valence-electron chi connectivity index (χ1n) is 6.61. The molecule has 0 aliphatic carbocycles. The highest BCUT2D eigenvalue weighted by molar-refractivity contribution is 5.29. The minimum atomic E-state index is 0.104. The number of rotatable bonds is 7. The number of hydrogen-bond acceptors (Lipinski definition) is 3. The van der Waals surface area contributed by atoms with Crippen molar-refractivity contribution in [3.63, 3.8) is 0 Å². The SMILES string of the molecule is C#CCOc1ccc([C@H](C)N[C@H](CO)C(C)C)cc1. The minimum absolute atomic E-state index is 0.104. The van der Waals surface area contributed by atoms with Gasteiger partial charge >= 0.3 is 0 Å². The molecular weight excluding hydrogens is 238 g/mol. The van der Waals surface area contributed by atoms with Crippen LogP contribution in [0.5, 0.6) is 5.75 Å². The van der Waals surface area contributed by atoms with Crippen LogP contribution in [0.3, 0.4) is 0 Å². The lowest BCUT2D eigenvalue weighted by atomic mass is 10.0. The molecular formula is C16H23NO2. The van der Waals surface area contributed by atoms with Gasteiger partial charge in [0.15, 0.2) is 0 Å². The fourth-order valence-electron chi connectivity index (χ4n) is 1.85. The molecule has 0 saturated carbocycles. The summed E-state index contributed by atoms with van der Waals surface area (Å²) in [5.74, 6) is 3.61. The lowest BCUT2D eigenvalue weighted by Crippen LogP contribution is -2.38. The molecule has 0 fully saturated rings. The molecule has 0 aliphatic rings. The van der Waals surface area contributed by atoms with Crippen molar-refractivity contribution in [1.82, 2.24) is 5.32 Å². The van der Waals surface area contributed by atoms with Crippen LogP contribution in [0.25, 0.3) is 0 Å². The molecule has 104 valence electrons. The Balaban J connectivity index is 2.62. The highest BCUT2D eigenvalue weighted by Gasteiger charge is 2.15. The van der Waals surface area contributed by atoms with Crippen LogP contribution in [0.1, 0.15) is 32.4 Å². The molecule has 0 amide bonds. The molecule has 0 aliphatic heterocycles. The number of aliphatic hydroxyl groups is 1. The molecule has 1 aromatic carbocycles. The smallest absolute Gasteiger partial charge is 0.148 e. The van der Waals surface area contributed by atoms with Crippen molar-refractivity contribution in [1.29, 1.82) is 0 Å². The normalized spacial score (nSPS) is 13.9. The summed E-state index contributed by atoms with van der Waals surface area (Å²) in [6.07, 6.45) is 5.14. The maximum absolute atomic E-state index is 9.33. The molecule has 2 atom stereocenters. The van der Waals surface area contributed by atoms with E-state index in [2.05, 4.69) is 32.0 Å². The minimum Gasteiger partial charge on any atom is -0.481 e. The number of terminal acetylenes is 1. The molecule has 2 N–H and O–H groups in total. The highest BCUT2D eigenvalue weighted by Crippen LogP contribution is 2.19. The Morgan fingerprint density at radius 1 is 1.26 bits per heavy atom. The molecule has 1 rings (SSSR count). The summed E-state index contributed by atoms with van der Waals surface area (Å²) in [5.41, 5.74) is 1.16. The van der Waals surface area contributed by atoms with Gasteiger partial charge in [-0.2, -0.15) is 0 Å². The van der Waals surface area contributed by atoms with Crippen molar-refractivity contribution in [2.24, 2.45) is 5.92 Å². The van der Waals surface area contributed by atoms with E-state index in [0.717, 1.165) is 11.3 Å². The Morgan fingerprint density at radius 3 is 2.37 bits per heavy atom. The van der Waals surface area contributed by atoms with E-state index in [9.17, 15) is 5.11 Å². The van der Waals surface area contributed by atoms with Gasteiger partial charge < -0.3 is 15.2 Å². The van der Waals surface area contributed by atoms with Gasteiger partial charge in [-0.3, -0.25) is 0 Å². The van der Waals surface area contributed by atoms with E-state index in [0.29, 0.717) is 5.92 Å². The van der Waals surface area contributed by atoms with E-state index in [1.54, 1.807) is 0 Å². The monoisotopic (exact) mass is 261 g/mol. The molecule has 0 spiro atoms. The third kappa shape index (κ3) is 4.94. The average molecular weight is 261 g/mol. The second-order valence-corrected chi connectivity index (χ2v) is 4.98. The van der Waals surface area contributed by atoms with Crippen molar-refractivity contribution in [2.45, 2.75) is 32.9 Å². The number of nitrogens with one attached hydrogen (secondary N) is 1. The third-order valence-corrected chi connectivity index (χ3v) is 3.17. The summed E-state index contributed by atoms with van der Waals surface area (Å²) in [6, 6.07) is 8.13. The molecule has 0 heterocycles. The van der Waals surface area contributed by atoms with E-state index in [-0.39, 0.29) is 25.3 Å². The maximum Gasteiger partial charge on any atom is 0.148 e. The van der Waals surface area contributed by atoms with Gasteiger partial charge in [0.05, 0.1) is 6.61 Å². The van der Waals surface area contributed by atoms with E-state index in [1.807, 2.05) is 24.3 Å². The van der Waals surface area contributed by atoms with Crippen LogP contribution >= 0.6 is 0 Å². The number of ether oxygens (including phenoxy) is 1. The van der Waals surface area contributed by atoms with Gasteiger partial charge in [0.1, 0.15) is 12.4 Å². The molecule has 19 heavy (non-hydrogen) atoms. The summed E-state index contributed by atoms with van der Waals surface area (Å²) in [6.45, 7) is 6.70. The number of aliphatic hydroxyl groups excluding tert-OH is 1. The van der Waals surface area contributed by atoms with Crippen molar-refractivity contribution in [3.05, 3.63) is 29.8 Å². The van der Waals surface area contributed by atoms with E-state index in [4.69, 9.17) is 11.2 Å². The molecule has 3 nitrogen and oxygen atoms in total. The van der Waals surface area contributed by atoms with Crippen LogP contribution < -0.4 is 10.1 Å². The maximum atomic E-state index is 9.33. The first-order valence-corrected chi connectivity index (χ1v) is 6.61. The highest BCUT2D eigenvalue weighted by atomic mass is 16.5. The van der Waals surface area contributed by atoms with Gasteiger partial charge in [-0.05, 0) is 30.5 Å². The van der Waals surface area contributed by atoms with Crippen molar-refractivity contribution in [2.75, 3.05) is 13.2 Å². The molecule has 0 unspecified atom stereocenters. The zero-order valence-corrected chi connectivity index (χ0v) is 11.9. The molecule has 0 aromatic heterocycles. The molecule has 3 heteroatoms. The van der Waals surface area contributed by atoms with Crippen molar-refractivity contribution in [3.8, 4) is 18.1 Å². The molecule has 0 radical (unpaired) electrons. The van der Waals surface area contributed by atoms with Crippen LogP contribution in [0.15, 0.2) is 24.3 Å². The van der Waals surface area contributed by atoms with Crippen LogP contribution in [0.2, 0.25) is 0 Å². The lowest BCUT2D eigenvalue weighted by molar-refractivity contribution is 0.201. The fourth-order valence-corrected chi connectivity index (χ4v) is 1.85. The zero-order chi connectivity index (χ0) is 14.3. The largest absolute Gasteiger partial charge is 0.481 e. The first kappa shape index (κ1) is 15.6. The second-order valence-electron chi connectivity index (χ2n) is 4.98. The summed E-state index contributed by atoms with van der Waals surface area (Å²) in [4.78, 5) is 0. The standard InChI is InChI=1S/C16H23NO2/c1-5-10-19-15-8-6-14(7-9-15)13(4)17-16(11-18)12(2)3/h1,6-9,12-13,16-18H,10-11H2,2-4H3/t13-,16+/m0/s1. The third-order valence-electron chi connectivity index (χ3n) is 3.17. The predicted molar refractivity (Wildman–Crippen MR) is 78.0 cm³/mol. The van der Waals surface area contributed by atoms with Gasteiger partial charge in [0.25, 0.3) is 0 Å². The Labute approximate surface area is 116 Å². The first-order chi connectivity index (χ1) is 9.08. The van der Waals surface area contributed by atoms with Crippen LogP contribution in [-0.2, 0) is 0 Å². The zero-order valence-electron chi connectivity index (χ0n) is 11.9. The summed E-state index contributed by atoms with van der Waals surface area (Å²) in [7, 11) is 0. The van der Waals surface area contributed by atoms with Gasteiger partial charge in [-0.1, -0.05) is 31.9 Å². The predicted octanol–water partition coefficient (Wildman–Crippen LogP) is 2.37. The van der Waals surface area contributed by atoms with Gasteiger partial charge in [-0.15, -0.1) is 6.42 Å². The Morgan fingerprint density at radius 2 is 1.89 bits per heavy atom. The second kappa shape index (κ2) is 7.83. The van der Waals surface area contributed by atoms with Gasteiger partial charge in [-0.25, -0.2) is 0 Å². The van der Waals surface area contributed by atoms with E-state index in [1.165, 1.54) is 0 Å². The summed E-state index contributed by atoms with van der Waals surface area (Å²) < 4.78 is 5.33. The van der Waals surface area contributed by atoms with Gasteiger partial charge in [0, 0.05) is 12.1 Å². The van der Waals surface area contributed by atoms with Gasteiger partial charge in [0.2, 0.25) is 0 Å². The Hall–Kier alpha value is -1.50. The van der Waals surface area contributed by atoms with Crippen LogP contribution in [0.4, 0.5) is 0 Å². The summed E-state index contributed by atoms with van der Waals surface area (Å²) >= 11 is 0. The number of benzene rings is 1. The van der Waals surface area contributed by atoms with Crippen molar-refractivity contribution >= 4 is 0 Å². The average Bonchev–Trinajstić information content (AvgIpc) is 2.42. The molecule has 1 aromatic rings. The van der Waals surface area contributed by atoms with E-state index < -0.39 is 0 Å². The lowest BCUT2D eigenvalue weighted by Gasteiger charge is -2.25. The topological polar surface area (TPSA) is 41.5 Å². The van der Waals surface area contributed by atoms with Crippen LogP contribution in [-0.4, -0.2) is 24.4 Å². The van der Waals surface area contributed by atoms with E-state index >= 15 is 0 Å². The summed E-state index contributed by atoms with van der Waals surface area (Å²) in [5, 5.41) is 12.8. The quantitative estimate of drug-likeness (QED) is 0.740. The van der Waals surface area contributed by atoms with Crippen molar-refractivity contribution < 1.29 is 9.84 Å². The Bertz CT molecular complexity index is 406. The number of hydrogen-bond donors (Lipinski definition) is 2. The molecule has 0 bridgehead atoms. The molecule has 0 saturated heterocycles. The fraction of sp³-hybridized carbons (Fsp3) is 0.500. The Kier molecular flexibility index (Phi) is 6.41.